The van der Waals surface area contributed by atoms with E-state index >= 15 is 0 Å². The lowest BCUT2D eigenvalue weighted by molar-refractivity contribution is -0.130. The molecule has 2 aromatic carbocycles. The number of sulfonamides is 1. The van der Waals surface area contributed by atoms with Crippen LogP contribution in [0.15, 0.2) is 58.6 Å². The van der Waals surface area contributed by atoms with Gasteiger partial charge in [0, 0.05) is 19.2 Å². The zero-order chi connectivity index (χ0) is 22.9. The summed E-state index contributed by atoms with van der Waals surface area (Å²) in [6.07, 6.45) is -0.520. The standard InChI is InChI=1S/C22H26N4O4S2/c1-15(2)21-25(11-12-26(21)32(28,29)17-7-5-4-6-8-17)20(27)14-31-22-23-18-10-9-16(30-3)13-19(18)24-22/h4-10,13,15,21H,11-12,14H2,1-3H3,(H,23,24)/t21-/m0/s1. The second-order valence-electron chi connectivity index (χ2n) is 7.89. The highest BCUT2D eigenvalue weighted by Gasteiger charge is 2.43. The molecule has 0 aliphatic carbocycles. The predicted octanol–water partition coefficient (Wildman–Crippen LogP) is 3.18. The molecule has 1 aliphatic heterocycles. The number of carbonyl (C=O) groups is 1. The molecule has 170 valence electrons. The Morgan fingerprint density at radius 1 is 1.22 bits per heavy atom. The summed E-state index contributed by atoms with van der Waals surface area (Å²) in [5.74, 6) is 0.728. The van der Waals surface area contributed by atoms with Gasteiger partial charge in [0.05, 0.1) is 28.8 Å². The molecule has 0 radical (unpaired) electrons. The fraction of sp³-hybridized carbons (Fsp3) is 0.364. The number of hydrogen-bond donors (Lipinski definition) is 1. The number of aromatic nitrogens is 2. The van der Waals surface area contributed by atoms with E-state index in [9.17, 15) is 13.2 Å². The lowest BCUT2D eigenvalue weighted by Crippen LogP contribution is -2.48. The Morgan fingerprint density at radius 3 is 2.66 bits per heavy atom. The Balaban J connectivity index is 1.48. The van der Waals surface area contributed by atoms with Crippen molar-refractivity contribution in [1.82, 2.24) is 19.2 Å². The number of ether oxygens (including phenoxy) is 1. The van der Waals surface area contributed by atoms with Crippen LogP contribution in [0.3, 0.4) is 0 Å². The Bertz CT molecular complexity index is 1210. The summed E-state index contributed by atoms with van der Waals surface area (Å²) in [6.45, 7) is 4.51. The van der Waals surface area contributed by atoms with Crippen molar-refractivity contribution in [1.29, 1.82) is 0 Å². The molecule has 1 aliphatic rings. The molecule has 4 rings (SSSR count). The average Bonchev–Trinajstić information content (AvgIpc) is 3.42. The van der Waals surface area contributed by atoms with Crippen molar-refractivity contribution in [3.63, 3.8) is 0 Å². The summed E-state index contributed by atoms with van der Waals surface area (Å²) in [7, 11) is -2.08. The third kappa shape index (κ3) is 4.35. The number of benzene rings is 2. The van der Waals surface area contributed by atoms with Crippen molar-refractivity contribution in [2.24, 2.45) is 5.92 Å². The van der Waals surface area contributed by atoms with Gasteiger partial charge in [0.25, 0.3) is 0 Å². The molecule has 0 saturated carbocycles. The van der Waals surface area contributed by atoms with Crippen LogP contribution >= 0.6 is 11.8 Å². The Kier molecular flexibility index (Phi) is 6.45. The van der Waals surface area contributed by atoms with Crippen molar-refractivity contribution >= 4 is 38.7 Å². The molecule has 32 heavy (non-hydrogen) atoms. The van der Waals surface area contributed by atoms with Crippen LogP contribution < -0.4 is 4.74 Å². The van der Waals surface area contributed by atoms with E-state index in [1.165, 1.54) is 16.1 Å². The molecule has 0 bridgehead atoms. The van der Waals surface area contributed by atoms with Gasteiger partial charge >= 0.3 is 0 Å². The Morgan fingerprint density at radius 2 is 1.97 bits per heavy atom. The largest absolute Gasteiger partial charge is 0.497 e. The first-order chi connectivity index (χ1) is 15.3. The van der Waals surface area contributed by atoms with Crippen molar-refractivity contribution in [3.05, 3.63) is 48.5 Å². The summed E-state index contributed by atoms with van der Waals surface area (Å²) in [5, 5.41) is 0.635. The van der Waals surface area contributed by atoms with Crippen LogP contribution in [-0.4, -0.2) is 65.6 Å². The molecule has 10 heteroatoms. The number of nitrogens with one attached hydrogen (secondary N) is 1. The van der Waals surface area contributed by atoms with Gasteiger partial charge in [-0.25, -0.2) is 13.4 Å². The van der Waals surface area contributed by atoms with Gasteiger partial charge in [0.15, 0.2) is 5.16 Å². The van der Waals surface area contributed by atoms with E-state index in [-0.39, 0.29) is 29.0 Å². The number of hydrogen-bond acceptors (Lipinski definition) is 6. The SMILES string of the molecule is COc1ccc2nc(SCC(=O)N3CCN(S(=O)(=O)c4ccccc4)[C@H]3C(C)C)[nH]c2c1. The molecule has 1 fully saturated rings. The highest BCUT2D eigenvalue weighted by Crippen LogP contribution is 2.30. The lowest BCUT2D eigenvalue weighted by atomic mass is 10.1. The van der Waals surface area contributed by atoms with Crippen LogP contribution in [-0.2, 0) is 14.8 Å². The van der Waals surface area contributed by atoms with Crippen LogP contribution in [0, 0.1) is 5.92 Å². The summed E-state index contributed by atoms with van der Waals surface area (Å²) >= 11 is 1.31. The maximum Gasteiger partial charge on any atom is 0.244 e. The fourth-order valence-corrected chi connectivity index (χ4v) is 6.46. The minimum Gasteiger partial charge on any atom is -0.497 e. The fourth-order valence-electron chi connectivity index (χ4n) is 3.95. The molecular formula is C22H26N4O4S2. The van der Waals surface area contributed by atoms with E-state index in [1.807, 2.05) is 32.0 Å². The van der Waals surface area contributed by atoms with Crippen molar-refractivity contribution in [2.45, 2.75) is 30.1 Å². The molecule has 8 nitrogen and oxygen atoms in total. The van der Waals surface area contributed by atoms with E-state index in [1.54, 1.807) is 42.3 Å². The van der Waals surface area contributed by atoms with E-state index in [2.05, 4.69) is 9.97 Å². The van der Waals surface area contributed by atoms with E-state index in [4.69, 9.17) is 4.74 Å². The zero-order valence-electron chi connectivity index (χ0n) is 18.2. The molecule has 1 amide bonds. The number of H-pyrrole nitrogens is 1. The number of imidazole rings is 1. The highest BCUT2D eigenvalue weighted by molar-refractivity contribution is 7.99. The Labute approximate surface area is 192 Å². The van der Waals surface area contributed by atoms with E-state index in [0.717, 1.165) is 16.8 Å². The van der Waals surface area contributed by atoms with Crippen molar-refractivity contribution < 1.29 is 17.9 Å². The molecule has 3 aromatic rings. The normalized spacial score (nSPS) is 17.4. The second-order valence-corrected chi connectivity index (χ2v) is 10.7. The number of rotatable bonds is 7. The lowest BCUT2D eigenvalue weighted by Gasteiger charge is -2.32. The molecule has 1 atom stereocenters. The van der Waals surface area contributed by atoms with Crippen LogP contribution in [0.4, 0.5) is 0 Å². The van der Waals surface area contributed by atoms with Crippen LogP contribution in [0.1, 0.15) is 13.8 Å². The van der Waals surface area contributed by atoms with Gasteiger partial charge in [-0.2, -0.15) is 4.31 Å². The molecule has 0 spiro atoms. The number of thioether (sulfide) groups is 1. The summed E-state index contributed by atoms with van der Waals surface area (Å²) in [6, 6.07) is 13.9. The van der Waals surface area contributed by atoms with Gasteiger partial charge < -0.3 is 14.6 Å². The maximum atomic E-state index is 13.2. The highest BCUT2D eigenvalue weighted by atomic mass is 32.2. The second kappa shape index (κ2) is 9.13. The van der Waals surface area contributed by atoms with E-state index < -0.39 is 16.2 Å². The topological polar surface area (TPSA) is 95.6 Å². The number of fused-ring (bicyclic) bond motifs is 1. The monoisotopic (exact) mass is 474 g/mol. The quantitative estimate of drug-likeness (QED) is 0.529. The smallest absolute Gasteiger partial charge is 0.244 e. The van der Waals surface area contributed by atoms with Crippen molar-refractivity contribution in [3.8, 4) is 5.75 Å². The van der Waals surface area contributed by atoms with Gasteiger partial charge in [-0.1, -0.05) is 43.8 Å². The number of nitrogens with zero attached hydrogens (tertiary/aromatic N) is 3. The van der Waals surface area contributed by atoms with Gasteiger partial charge in [0.2, 0.25) is 15.9 Å². The number of methoxy groups -OCH3 is 1. The zero-order valence-corrected chi connectivity index (χ0v) is 19.8. The average molecular weight is 475 g/mol. The first-order valence-electron chi connectivity index (χ1n) is 10.3. The summed E-state index contributed by atoms with van der Waals surface area (Å²) in [5.41, 5.74) is 1.63. The summed E-state index contributed by atoms with van der Waals surface area (Å²) in [4.78, 5) is 22.7. The number of carbonyl (C=O) groups excluding carboxylic acids is 1. The molecule has 1 aromatic heterocycles. The van der Waals surface area contributed by atoms with Crippen LogP contribution in [0.5, 0.6) is 5.75 Å². The molecule has 2 heterocycles. The Hall–Kier alpha value is -2.56. The van der Waals surface area contributed by atoms with Crippen molar-refractivity contribution in [2.75, 3.05) is 26.0 Å². The summed E-state index contributed by atoms with van der Waals surface area (Å²) < 4.78 is 33.1. The molecule has 1 saturated heterocycles. The minimum absolute atomic E-state index is 0.0522. The van der Waals surface area contributed by atoms with Crippen LogP contribution in [0.25, 0.3) is 11.0 Å². The van der Waals surface area contributed by atoms with Gasteiger partial charge in [-0.05, 0) is 30.2 Å². The molecule has 1 N–H and O–H groups in total. The first kappa shape index (κ1) is 22.6. The van der Waals surface area contributed by atoms with Gasteiger partial charge in [-0.3, -0.25) is 4.79 Å². The van der Waals surface area contributed by atoms with E-state index in [0.29, 0.717) is 11.7 Å². The molecule has 0 unspecified atom stereocenters. The number of aromatic amines is 1. The third-order valence-electron chi connectivity index (χ3n) is 5.44. The maximum absolute atomic E-state index is 13.2. The van der Waals surface area contributed by atoms with Gasteiger partial charge in [-0.15, -0.1) is 0 Å². The predicted molar refractivity (Wildman–Crippen MR) is 124 cm³/mol. The molecular weight excluding hydrogens is 448 g/mol. The minimum atomic E-state index is -3.69. The van der Waals surface area contributed by atoms with Crippen LogP contribution in [0.2, 0.25) is 0 Å². The first-order valence-corrected chi connectivity index (χ1v) is 12.8. The third-order valence-corrected chi connectivity index (χ3v) is 8.18. The number of amides is 1. The van der Waals surface area contributed by atoms with Gasteiger partial charge in [0.1, 0.15) is 11.9 Å².